The van der Waals surface area contributed by atoms with Crippen molar-refractivity contribution in [3.8, 4) is 5.75 Å². The molecule has 1 aliphatic rings. The Labute approximate surface area is 201 Å². The third-order valence-electron chi connectivity index (χ3n) is 5.58. The van der Waals surface area contributed by atoms with Crippen molar-refractivity contribution in [1.29, 1.82) is 0 Å². The summed E-state index contributed by atoms with van der Waals surface area (Å²) in [5, 5.41) is 6.45. The van der Waals surface area contributed by atoms with Gasteiger partial charge in [0.25, 0.3) is 11.8 Å². The second kappa shape index (κ2) is 10.5. The number of aryl methyl sites for hydroxylation is 2. The second-order valence-corrected chi connectivity index (χ2v) is 9.01. The molecule has 1 aromatic carbocycles. The summed E-state index contributed by atoms with van der Waals surface area (Å²) >= 11 is 1.46. The van der Waals surface area contributed by atoms with Gasteiger partial charge in [-0.25, -0.2) is 4.79 Å². The molecule has 2 N–H and O–H groups in total. The Morgan fingerprint density at radius 2 is 1.91 bits per heavy atom. The zero-order valence-corrected chi connectivity index (χ0v) is 19.8. The van der Waals surface area contributed by atoms with Crippen molar-refractivity contribution in [2.75, 3.05) is 24.4 Å². The molecular weight excluding hydrogens is 454 g/mol. The Hall–Kier alpha value is -3.72. The SMILES string of the molecule is COC(=O)COc1ccc(NC(=O)c2c(NC(=O)c3cccnc3)sc3c2CCCC3)c(C)c1. The van der Waals surface area contributed by atoms with Crippen LogP contribution in [-0.4, -0.2) is 36.5 Å². The van der Waals surface area contributed by atoms with Gasteiger partial charge in [0.05, 0.1) is 18.2 Å². The number of hydrogen-bond acceptors (Lipinski definition) is 7. The number of methoxy groups -OCH3 is 1. The monoisotopic (exact) mass is 479 g/mol. The number of amides is 2. The first kappa shape index (κ1) is 23.4. The lowest BCUT2D eigenvalue weighted by molar-refractivity contribution is -0.142. The topological polar surface area (TPSA) is 107 Å². The van der Waals surface area contributed by atoms with Crippen LogP contribution in [0, 0.1) is 6.92 Å². The summed E-state index contributed by atoms with van der Waals surface area (Å²) in [5.74, 6) is -0.549. The van der Waals surface area contributed by atoms with Crippen LogP contribution < -0.4 is 15.4 Å². The zero-order chi connectivity index (χ0) is 24.1. The highest BCUT2D eigenvalue weighted by molar-refractivity contribution is 7.17. The van der Waals surface area contributed by atoms with E-state index in [9.17, 15) is 14.4 Å². The molecule has 0 aliphatic heterocycles. The summed E-state index contributed by atoms with van der Waals surface area (Å²) in [4.78, 5) is 42.6. The van der Waals surface area contributed by atoms with Crippen LogP contribution in [0.5, 0.6) is 5.75 Å². The van der Waals surface area contributed by atoms with Gasteiger partial charge in [0.15, 0.2) is 6.61 Å². The highest BCUT2D eigenvalue weighted by Crippen LogP contribution is 2.39. The molecule has 2 heterocycles. The lowest BCUT2D eigenvalue weighted by Crippen LogP contribution is -2.19. The molecule has 0 spiro atoms. The van der Waals surface area contributed by atoms with Gasteiger partial charge in [0, 0.05) is 23.0 Å². The van der Waals surface area contributed by atoms with E-state index in [0.29, 0.717) is 27.6 Å². The van der Waals surface area contributed by atoms with Gasteiger partial charge >= 0.3 is 5.97 Å². The van der Waals surface area contributed by atoms with Gasteiger partial charge < -0.3 is 20.1 Å². The molecular formula is C25H25N3O5S. The number of anilines is 2. The maximum Gasteiger partial charge on any atom is 0.343 e. The summed E-state index contributed by atoms with van der Waals surface area (Å²) in [6, 6.07) is 8.53. The smallest absolute Gasteiger partial charge is 0.343 e. The number of hydrogen-bond donors (Lipinski definition) is 2. The van der Waals surface area contributed by atoms with Crippen molar-refractivity contribution in [1.82, 2.24) is 4.98 Å². The largest absolute Gasteiger partial charge is 0.482 e. The van der Waals surface area contributed by atoms with Crippen molar-refractivity contribution >= 4 is 39.8 Å². The number of nitrogens with one attached hydrogen (secondary N) is 2. The first-order valence-electron chi connectivity index (χ1n) is 10.9. The predicted octanol–water partition coefficient (Wildman–Crippen LogP) is 4.39. The number of carbonyl (C=O) groups excluding carboxylic acids is 3. The number of carbonyl (C=O) groups is 3. The average Bonchev–Trinajstić information content (AvgIpc) is 3.22. The lowest BCUT2D eigenvalue weighted by atomic mass is 9.95. The fourth-order valence-electron chi connectivity index (χ4n) is 3.82. The van der Waals surface area contributed by atoms with Crippen molar-refractivity contribution in [3.63, 3.8) is 0 Å². The number of pyridine rings is 1. The lowest BCUT2D eigenvalue weighted by Gasteiger charge is -2.15. The molecule has 0 saturated carbocycles. The molecule has 8 nitrogen and oxygen atoms in total. The maximum absolute atomic E-state index is 13.4. The molecule has 9 heteroatoms. The van der Waals surface area contributed by atoms with E-state index in [4.69, 9.17) is 4.74 Å². The molecule has 2 amide bonds. The maximum atomic E-state index is 13.4. The van der Waals surface area contributed by atoms with Crippen LogP contribution >= 0.6 is 11.3 Å². The summed E-state index contributed by atoms with van der Waals surface area (Å²) in [5.41, 5.74) is 3.35. The third kappa shape index (κ3) is 5.26. The molecule has 3 aromatic rings. The Morgan fingerprint density at radius 1 is 1.09 bits per heavy atom. The van der Waals surface area contributed by atoms with E-state index in [0.717, 1.165) is 41.7 Å². The number of aromatic nitrogens is 1. The molecule has 0 unspecified atom stereocenters. The number of rotatable bonds is 7. The number of esters is 1. The van der Waals surface area contributed by atoms with Crippen LogP contribution in [0.3, 0.4) is 0 Å². The third-order valence-corrected chi connectivity index (χ3v) is 6.79. The van der Waals surface area contributed by atoms with Crippen LogP contribution in [0.15, 0.2) is 42.7 Å². The fourth-order valence-corrected chi connectivity index (χ4v) is 5.10. The van der Waals surface area contributed by atoms with Crippen LogP contribution in [0.25, 0.3) is 0 Å². The van der Waals surface area contributed by atoms with Gasteiger partial charge in [-0.3, -0.25) is 14.6 Å². The minimum atomic E-state index is -0.474. The van der Waals surface area contributed by atoms with Crippen LogP contribution in [0.1, 0.15) is 49.6 Å². The first-order valence-corrected chi connectivity index (χ1v) is 11.8. The molecule has 0 atom stereocenters. The molecule has 0 saturated heterocycles. The minimum absolute atomic E-state index is 0.192. The minimum Gasteiger partial charge on any atom is -0.482 e. The van der Waals surface area contributed by atoms with Crippen LogP contribution in [0.2, 0.25) is 0 Å². The number of benzene rings is 1. The highest BCUT2D eigenvalue weighted by atomic mass is 32.1. The van der Waals surface area contributed by atoms with Crippen LogP contribution in [-0.2, 0) is 22.4 Å². The summed E-state index contributed by atoms with van der Waals surface area (Å²) in [6.45, 7) is 1.65. The average molecular weight is 480 g/mol. The second-order valence-electron chi connectivity index (χ2n) is 7.91. The van der Waals surface area contributed by atoms with Crippen molar-refractivity contribution < 1.29 is 23.9 Å². The fraction of sp³-hybridized carbons (Fsp3) is 0.280. The molecule has 1 aliphatic carbocycles. The van der Waals surface area contributed by atoms with Crippen LogP contribution in [0.4, 0.5) is 10.7 Å². The van der Waals surface area contributed by atoms with Crippen molar-refractivity contribution in [2.45, 2.75) is 32.6 Å². The van der Waals surface area contributed by atoms with Gasteiger partial charge in [-0.2, -0.15) is 0 Å². The molecule has 34 heavy (non-hydrogen) atoms. The molecule has 0 bridgehead atoms. The van der Waals surface area contributed by atoms with Gasteiger partial charge in [0.2, 0.25) is 0 Å². The quantitative estimate of drug-likeness (QED) is 0.487. The molecule has 176 valence electrons. The standard InChI is InChI=1S/C25H25N3O5S/c1-15-12-17(33-14-21(29)32-2)9-10-19(15)27-24(31)22-18-7-3-4-8-20(18)34-25(22)28-23(30)16-6-5-11-26-13-16/h5-6,9-13H,3-4,7-8,14H2,1-2H3,(H,27,31)(H,28,30). The molecule has 0 radical (unpaired) electrons. The first-order chi connectivity index (χ1) is 16.5. The van der Waals surface area contributed by atoms with E-state index >= 15 is 0 Å². The van der Waals surface area contributed by atoms with Gasteiger partial charge in [-0.05, 0) is 74.1 Å². The highest BCUT2D eigenvalue weighted by Gasteiger charge is 2.27. The normalized spacial score (nSPS) is 12.4. The Balaban J connectivity index is 1.56. The van der Waals surface area contributed by atoms with Crippen molar-refractivity contribution in [3.05, 3.63) is 69.9 Å². The summed E-state index contributed by atoms with van der Waals surface area (Å²) < 4.78 is 9.99. The molecule has 0 fully saturated rings. The van der Waals surface area contributed by atoms with E-state index in [-0.39, 0.29) is 18.4 Å². The number of thiophene rings is 1. The Morgan fingerprint density at radius 3 is 2.65 bits per heavy atom. The predicted molar refractivity (Wildman–Crippen MR) is 130 cm³/mol. The van der Waals surface area contributed by atoms with Gasteiger partial charge in [-0.15, -0.1) is 11.3 Å². The summed E-state index contributed by atoms with van der Waals surface area (Å²) in [6.07, 6.45) is 6.87. The Bertz CT molecular complexity index is 1220. The summed E-state index contributed by atoms with van der Waals surface area (Å²) in [7, 11) is 1.30. The zero-order valence-electron chi connectivity index (χ0n) is 19.0. The number of ether oxygens (including phenoxy) is 2. The number of nitrogens with zero attached hydrogens (tertiary/aromatic N) is 1. The van der Waals surface area contributed by atoms with Crippen molar-refractivity contribution in [2.24, 2.45) is 0 Å². The van der Waals surface area contributed by atoms with Gasteiger partial charge in [0.1, 0.15) is 10.8 Å². The van der Waals surface area contributed by atoms with E-state index in [1.807, 2.05) is 6.92 Å². The Kier molecular flexibility index (Phi) is 7.22. The van der Waals surface area contributed by atoms with E-state index in [1.54, 1.807) is 36.5 Å². The molecule has 4 rings (SSSR count). The molecule has 2 aromatic heterocycles. The van der Waals surface area contributed by atoms with E-state index in [1.165, 1.54) is 24.6 Å². The van der Waals surface area contributed by atoms with Gasteiger partial charge in [-0.1, -0.05) is 0 Å². The number of fused-ring (bicyclic) bond motifs is 1. The van der Waals surface area contributed by atoms with E-state index in [2.05, 4.69) is 20.4 Å². The van der Waals surface area contributed by atoms with E-state index < -0.39 is 5.97 Å².